The molecule has 2 aromatic carbocycles. The van der Waals surface area contributed by atoms with Gasteiger partial charge in [-0.3, -0.25) is 0 Å². The van der Waals surface area contributed by atoms with Gasteiger partial charge in [0.05, 0.1) is 0 Å². The number of aromatic hydroxyl groups is 1. The van der Waals surface area contributed by atoms with Crippen molar-refractivity contribution in [3.8, 4) is 5.75 Å². The largest absolute Gasteiger partial charge is 0.508 e. The third kappa shape index (κ3) is 3.18. The fourth-order valence-electron chi connectivity index (χ4n) is 2.13. The Morgan fingerprint density at radius 3 is 2.62 bits per heavy atom. The van der Waals surface area contributed by atoms with Crippen LogP contribution in [0.5, 0.6) is 5.75 Å². The first-order valence-corrected chi connectivity index (χ1v) is 7.45. The molecule has 0 radical (unpaired) electrons. The molecule has 0 unspecified atom stereocenters. The van der Waals surface area contributed by atoms with Gasteiger partial charge in [0, 0.05) is 33.3 Å². The molecule has 0 fully saturated rings. The second kappa shape index (κ2) is 5.77. The fourth-order valence-corrected chi connectivity index (χ4v) is 2.49. The van der Waals surface area contributed by atoms with Crippen molar-refractivity contribution < 1.29 is 9.52 Å². The molecule has 0 saturated heterocycles. The van der Waals surface area contributed by atoms with Crippen LogP contribution >= 0.6 is 22.6 Å². The van der Waals surface area contributed by atoms with Crippen LogP contribution in [-0.2, 0) is 6.54 Å². The lowest BCUT2D eigenvalue weighted by molar-refractivity contribution is 0.473. The van der Waals surface area contributed by atoms with Crippen molar-refractivity contribution in [3.05, 3.63) is 68.1 Å². The molecule has 0 aliphatic heterocycles. The van der Waals surface area contributed by atoms with Crippen LogP contribution in [0.2, 0.25) is 0 Å². The zero-order valence-electron chi connectivity index (χ0n) is 11.0. The lowest BCUT2D eigenvalue weighted by Crippen LogP contribution is -2.05. The van der Waals surface area contributed by atoms with Crippen molar-refractivity contribution in [2.24, 2.45) is 0 Å². The quantitative estimate of drug-likeness (QED) is 0.526. The Kier molecular flexibility index (Phi) is 3.83. The monoisotopic (exact) mass is 393 g/mol. The van der Waals surface area contributed by atoms with Gasteiger partial charge in [0.1, 0.15) is 11.3 Å². The summed E-state index contributed by atoms with van der Waals surface area (Å²) in [6.45, 7) is 0.507. The van der Waals surface area contributed by atoms with Gasteiger partial charge in [0.25, 0.3) is 0 Å². The van der Waals surface area contributed by atoms with Gasteiger partial charge in [-0.05, 0) is 64.6 Å². The first-order valence-electron chi connectivity index (χ1n) is 6.37. The number of halogens is 1. The van der Waals surface area contributed by atoms with Gasteiger partial charge in [0.15, 0.2) is 0 Å². The topological polar surface area (TPSA) is 62.5 Å². The van der Waals surface area contributed by atoms with Crippen LogP contribution in [-0.4, -0.2) is 5.11 Å². The summed E-state index contributed by atoms with van der Waals surface area (Å²) in [4.78, 5) is 11.6. The Labute approximate surface area is 134 Å². The maximum atomic E-state index is 11.6. The number of phenols is 1. The van der Waals surface area contributed by atoms with Crippen molar-refractivity contribution in [2.75, 3.05) is 5.32 Å². The summed E-state index contributed by atoms with van der Waals surface area (Å²) in [5.74, 6) is 0.0772. The van der Waals surface area contributed by atoms with Crippen molar-refractivity contribution in [3.63, 3.8) is 0 Å². The second-order valence-electron chi connectivity index (χ2n) is 4.63. The van der Waals surface area contributed by atoms with Gasteiger partial charge in [0.2, 0.25) is 0 Å². The Morgan fingerprint density at radius 2 is 1.86 bits per heavy atom. The smallest absolute Gasteiger partial charge is 0.336 e. The van der Waals surface area contributed by atoms with E-state index in [4.69, 9.17) is 4.42 Å². The van der Waals surface area contributed by atoms with Crippen LogP contribution in [0.3, 0.4) is 0 Å². The van der Waals surface area contributed by atoms with Gasteiger partial charge >= 0.3 is 5.63 Å². The predicted molar refractivity (Wildman–Crippen MR) is 90.6 cm³/mol. The van der Waals surface area contributed by atoms with Crippen LogP contribution in [0.15, 0.2) is 57.7 Å². The number of fused-ring (bicyclic) bond motifs is 1. The van der Waals surface area contributed by atoms with Gasteiger partial charge in [-0.25, -0.2) is 4.79 Å². The van der Waals surface area contributed by atoms with Gasteiger partial charge in [-0.15, -0.1) is 0 Å². The molecule has 106 valence electrons. The van der Waals surface area contributed by atoms with Crippen molar-refractivity contribution in [1.82, 2.24) is 0 Å². The van der Waals surface area contributed by atoms with E-state index in [1.165, 1.54) is 15.7 Å². The maximum absolute atomic E-state index is 11.6. The number of hydrogen-bond acceptors (Lipinski definition) is 4. The molecule has 21 heavy (non-hydrogen) atoms. The summed E-state index contributed by atoms with van der Waals surface area (Å²) in [6, 6.07) is 14.2. The summed E-state index contributed by atoms with van der Waals surface area (Å²) in [5.41, 5.74) is 1.78. The molecule has 5 heteroatoms. The Bertz CT molecular complexity index is 840. The number of hydrogen-bond donors (Lipinski definition) is 2. The molecule has 0 bridgehead atoms. The Balaban J connectivity index is 1.93. The number of anilines is 1. The molecule has 4 nitrogen and oxygen atoms in total. The molecule has 3 rings (SSSR count). The van der Waals surface area contributed by atoms with Gasteiger partial charge in [-0.1, -0.05) is 0 Å². The van der Waals surface area contributed by atoms with Crippen LogP contribution in [0.1, 0.15) is 5.56 Å². The minimum absolute atomic E-state index is 0.0772. The molecule has 0 atom stereocenters. The zero-order valence-corrected chi connectivity index (χ0v) is 13.1. The van der Waals surface area contributed by atoms with E-state index in [0.717, 1.165) is 16.6 Å². The molecule has 0 aliphatic rings. The fraction of sp³-hybridized carbons (Fsp3) is 0.0625. The second-order valence-corrected chi connectivity index (χ2v) is 5.88. The SMILES string of the molecule is O=c1cc(CNc2ccc(I)cc2)c2ccc(O)cc2o1. The molecule has 1 aromatic heterocycles. The third-order valence-corrected chi connectivity index (χ3v) is 3.86. The van der Waals surface area contributed by atoms with Gasteiger partial charge < -0.3 is 14.8 Å². The summed E-state index contributed by atoms with van der Waals surface area (Å²) in [5, 5.41) is 13.6. The van der Waals surface area contributed by atoms with E-state index in [-0.39, 0.29) is 5.75 Å². The van der Waals surface area contributed by atoms with Crippen LogP contribution < -0.4 is 10.9 Å². The Hall–Kier alpha value is -2.02. The summed E-state index contributed by atoms with van der Waals surface area (Å²) >= 11 is 2.25. The normalized spacial score (nSPS) is 10.7. The van der Waals surface area contributed by atoms with Crippen LogP contribution in [0, 0.1) is 3.57 Å². The highest BCUT2D eigenvalue weighted by Crippen LogP contribution is 2.22. The van der Waals surface area contributed by atoms with Crippen LogP contribution in [0.25, 0.3) is 11.0 Å². The average Bonchev–Trinajstić information content (AvgIpc) is 2.45. The predicted octanol–water partition coefficient (Wildman–Crippen LogP) is 3.72. The molecule has 0 amide bonds. The average molecular weight is 393 g/mol. The first kappa shape index (κ1) is 13.9. The number of rotatable bonds is 3. The zero-order chi connectivity index (χ0) is 14.8. The summed E-state index contributed by atoms with van der Waals surface area (Å²) in [7, 11) is 0. The van der Waals surface area contributed by atoms with E-state index in [9.17, 15) is 9.90 Å². The van der Waals surface area contributed by atoms with Crippen molar-refractivity contribution in [2.45, 2.75) is 6.54 Å². The molecule has 0 spiro atoms. The number of benzene rings is 2. The molecular formula is C16H12INO3. The van der Waals surface area contributed by atoms with E-state index in [1.54, 1.807) is 12.1 Å². The van der Waals surface area contributed by atoms with E-state index in [0.29, 0.717) is 12.1 Å². The maximum Gasteiger partial charge on any atom is 0.336 e. The highest BCUT2D eigenvalue weighted by atomic mass is 127. The molecular weight excluding hydrogens is 381 g/mol. The first-order chi connectivity index (χ1) is 10.1. The van der Waals surface area contributed by atoms with Gasteiger partial charge in [-0.2, -0.15) is 0 Å². The molecule has 2 N–H and O–H groups in total. The minimum Gasteiger partial charge on any atom is -0.508 e. The minimum atomic E-state index is -0.424. The molecule has 0 aliphatic carbocycles. The van der Waals surface area contributed by atoms with E-state index in [1.807, 2.05) is 24.3 Å². The van der Waals surface area contributed by atoms with Crippen LogP contribution in [0.4, 0.5) is 5.69 Å². The van der Waals surface area contributed by atoms with Crippen molar-refractivity contribution >= 4 is 39.2 Å². The molecule has 3 aromatic rings. The molecule has 0 saturated carbocycles. The lowest BCUT2D eigenvalue weighted by atomic mass is 10.1. The lowest BCUT2D eigenvalue weighted by Gasteiger charge is -2.09. The highest BCUT2D eigenvalue weighted by molar-refractivity contribution is 14.1. The standard InChI is InChI=1S/C16H12INO3/c17-11-1-3-12(4-2-11)18-9-10-7-16(20)21-15-8-13(19)5-6-14(10)15/h1-8,18-19H,9H2. The third-order valence-electron chi connectivity index (χ3n) is 3.14. The summed E-state index contributed by atoms with van der Waals surface area (Å²) < 4.78 is 6.27. The van der Waals surface area contributed by atoms with Crippen molar-refractivity contribution in [1.29, 1.82) is 0 Å². The number of nitrogens with one attached hydrogen (secondary N) is 1. The van der Waals surface area contributed by atoms with E-state index in [2.05, 4.69) is 27.9 Å². The van der Waals surface area contributed by atoms with E-state index >= 15 is 0 Å². The molecule has 1 heterocycles. The number of phenolic OH excluding ortho intramolecular Hbond substituents is 1. The van der Waals surface area contributed by atoms with E-state index < -0.39 is 5.63 Å². The highest BCUT2D eigenvalue weighted by Gasteiger charge is 2.06. The Morgan fingerprint density at radius 1 is 1.10 bits per heavy atom. The summed E-state index contributed by atoms with van der Waals surface area (Å²) in [6.07, 6.45) is 0.